The monoisotopic (exact) mass is 186 g/mol. The summed E-state index contributed by atoms with van der Waals surface area (Å²) in [5, 5.41) is 0. The Hall–Kier alpha value is -1.25. The standard InChI is InChI=1S/C10H9F3/c1-2-9(10(11,12)13)8-6-4-3-5-7-8/h2-7,9H,1H2. The van der Waals surface area contributed by atoms with Gasteiger partial charge in [0.1, 0.15) is 0 Å². The Morgan fingerprint density at radius 2 is 1.69 bits per heavy atom. The van der Waals surface area contributed by atoms with Crippen molar-refractivity contribution in [1.29, 1.82) is 0 Å². The molecule has 1 aromatic carbocycles. The second kappa shape index (κ2) is 3.64. The zero-order valence-corrected chi connectivity index (χ0v) is 6.88. The maximum absolute atomic E-state index is 12.3. The molecule has 1 unspecified atom stereocenters. The minimum absolute atomic E-state index is 0.227. The molecule has 3 heteroatoms. The highest BCUT2D eigenvalue weighted by Gasteiger charge is 2.38. The Balaban J connectivity index is 2.99. The van der Waals surface area contributed by atoms with Crippen molar-refractivity contribution in [2.24, 2.45) is 0 Å². The van der Waals surface area contributed by atoms with Crippen LogP contribution in [0, 0.1) is 0 Å². The van der Waals surface area contributed by atoms with Gasteiger partial charge in [0.15, 0.2) is 0 Å². The summed E-state index contributed by atoms with van der Waals surface area (Å²) in [6.07, 6.45) is -3.33. The van der Waals surface area contributed by atoms with Gasteiger partial charge in [-0.05, 0) is 5.56 Å². The van der Waals surface area contributed by atoms with Gasteiger partial charge in [-0.15, -0.1) is 6.58 Å². The van der Waals surface area contributed by atoms with Gasteiger partial charge in [0, 0.05) is 0 Å². The molecule has 13 heavy (non-hydrogen) atoms. The molecule has 0 spiro atoms. The van der Waals surface area contributed by atoms with Gasteiger partial charge in [-0.25, -0.2) is 0 Å². The molecule has 0 aromatic heterocycles. The van der Waals surface area contributed by atoms with Gasteiger partial charge in [-0.3, -0.25) is 0 Å². The number of halogens is 3. The first-order valence-corrected chi connectivity index (χ1v) is 3.80. The predicted octanol–water partition coefficient (Wildman–Crippen LogP) is 3.52. The fraction of sp³-hybridized carbons (Fsp3) is 0.200. The molecule has 0 radical (unpaired) electrons. The maximum atomic E-state index is 12.3. The Bertz CT molecular complexity index is 274. The molecule has 0 aliphatic heterocycles. The van der Waals surface area contributed by atoms with Crippen LogP contribution < -0.4 is 0 Å². The Kier molecular flexibility index (Phi) is 2.76. The number of hydrogen-bond donors (Lipinski definition) is 0. The minimum Gasteiger partial charge on any atom is -0.170 e. The van der Waals surface area contributed by atoms with Gasteiger partial charge in [0.05, 0.1) is 5.92 Å². The third-order valence-corrected chi connectivity index (χ3v) is 1.75. The van der Waals surface area contributed by atoms with E-state index in [1.807, 2.05) is 0 Å². The summed E-state index contributed by atoms with van der Waals surface area (Å²) < 4.78 is 37.0. The summed E-state index contributed by atoms with van der Waals surface area (Å²) in [7, 11) is 0. The predicted molar refractivity (Wildman–Crippen MR) is 45.4 cm³/mol. The van der Waals surface area contributed by atoms with Crippen LogP contribution >= 0.6 is 0 Å². The molecule has 0 N–H and O–H groups in total. The summed E-state index contributed by atoms with van der Waals surface area (Å²) in [5.41, 5.74) is 0.227. The molecule has 1 rings (SSSR count). The first kappa shape index (κ1) is 9.84. The lowest BCUT2D eigenvalue weighted by Crippen LogP contribution is -2.18. The van der Waals surface area contributed by atoms with Gasteiger partial charge in [0.2, 0.25) is 0 Å². The average Bonchev–Trinajstić information content (AvgIpc) is 2.05. The molecule has 0 bridgehead atoms. The number of allylic oxidation sites excluding steroid dienone is 1. The van der Waals surface area contributed by atoms with Crippen molar-refractivity contribution in [3.8, 4) is 0 Å². The number of hydrogen-bond acceptors (Lipinski definition) is 0. The fourth-order valence-electron chi connectivity index (χ4n) is 1.12. The molecular formula is C10H9F3. The molecule has 1 atom stereocenters. The fourth-order valence-corrected chi connectivity index (χ4v) is 1.12. The van der Waals surface area contributed by atoms with E-state index in [4.69, 9.17) is 0 Å². The number of benzene rings is 1. The normalized spacial score (nSPS) is 13.8. The second-order valence-corrected chi connectivity index (χ2v) is 2.67. The van der Waals surface area contributed by atoms with E-state index in [2.05, 4.69) is 6.58 Å². The summed E-state index contributed by atoms with van der Waals surface area (Å²) in [4.78, 5) is 0. The van der Waals surface area contributed by atoms with Crippen LogP contribution in [0.15, 0.2) is 43.0 Å². The van der Waals surface area contributed by atoms with Crippen molar-refractivity contribution < 1.29 is 13.2 Å². The second-order valence-electron chi connectivity index (χ2n) is 2.67. The van der Waals surface area contributed by atoms with E-state index in [1.54, 1.807) is 18.2 Å². The number of alkyl halides is 3. The van der Waals surface area contributed by atoms with Gasteiger partial charge in [-0.1, -0.05) is 36.4 Å². The summed E-state index contributed by atoms with van der Waals surface area (Å²) in [5.74, 6) is -1.56. The molecule has 0 nitrogen and oxygen atoms in total. The van der Waals surface area contributed by atoms with Crippen molar-refractivity contribution >= 4 is 0 Å². The molecule has 1 aromatic rings. The first-order chi connectivity index (χ1) is 6.05. The molecule has 0 aliphatic carbocycles. The van der Waals surface area contributed by atoms with Crippen LogP contribution in [0.1, 0.15) is 11.5 Å². The summed E-state index contributed by atoms with van der Waals surface area (Å²) >= 11 is 0. The van der Waals surface area contributed by atoms with Gasteiger partial charge in [0.25, 0.3) is 0 Å². The Labute approximate surface area is 74.7 Å². The van der Waals surface area contributed by atoms with E-state index in [0.29, 0.717) is 0 Å². The van der Waals surface area contributed by atoms with Crippen LogP contribution in [-0.2, 0) is 0 Å². The van der Waals surface area contributed by atoms with Crippen molar-refractivity contribution in [3.63, 3.8) is 0 Å². The van der Waals surface area contributed by atoms with Crippen LogP contribution in [0.25, 0.3) is 0 Å². The molecule has 0 heterocycles. The molecule has 0 amide bonds. The zero-order valence-electron chi connectivity index (χ0n) is 6.88. The van der Waals surface area contributed by atoms with Crippen LogP contribution in [0.3, 0.4) is 0 Å². The van der Waals surface area contributed by atoms with Gasteiger partial charge >= 0.3 is 6.18 Å². The first-order valence-electron chi connectivity index (χ1n) is 3.80. The summed E-state index contributed by atoms with van der Waals surface area (Å²) in [6.45, 7) is 3.18. The van der Waals surface area contributed by atoms with E-state index in [-0.39, 0.29) is 5.56 Å². The lowest BCUT2D eigenvalue weighted by Gasteiger charge is -2.16. The summed E-state index contributed by atoms with van der Waals surface area (Å²) in [6, 6.07) is 7.73. The molecule has 0 saturated heterocycles. The van der Waals surface area contributed by atoms with Crippen molar-refractivity contribution in [2.45, 2.75) is 12.1 Å². The Morgan fingerprint density at radius 3 is 2.08 bits per heavy atom. The van der Waals surface area contributed by atoms with Crippen LogP contribution in [-0.4, -0.2) is 6.18 Å². The lowest BCUT2D eigenvalue weighted by molar-refractivity contribution is -0.139. The Morgan fingerprint density at radius 1 is 1.15 bits per heavy atom. The quantitative estimate of drug-likeness (QED) is 0.620. The van der Waals surface area contributed by atoms with E-state index in [9.17, 15) is 13.2 Å². The highest BCUT2D eigenvalue weighted by Crippen LogP contribution is 2.35. The highest BCUT2D eigenvalue weighted by atomic mass is 19.4. The minimum atomic E-state index is -4.25. The molecule has 0 aliphatic rings. The highest BCUT2D eigenvalue weighted by molar-refractivity contribution is 5.24. The lowest BCUT2D eigenvalue weighted by atomic mass is 9.99. The van der Waals surface area contributed by atoms with E-state index in [1.165, 1.54) is 12.1 Å². The molecule has 0 fully saturated rings. The largest absolute Gasteiger partial charge is 0.399 e. The van der Waals surface area contributed by atoms with Gasteiger partial charge < -0.3 is 0 Å². The third kappa shape index (κ3) is 2.34. The number of rotatable bonds is 2. The molecule has 0 saturated carbocycles. The van der Waals surface area contributed by atoms with E-state index < -0.39 is 12.1 Å². The third-order valence-electron chi connectivity index (χ3n) is 1.75. The zero-order chi connectivity index (χ0) is 9.90. The van der Waals surface area contributed by atoms with Gasteiger partial charge in [-0.2, -0.15) is 13.2 Å². The maximum Gasteiger partial charge on any atom is 0.399 e. The molecular weight excluding hydrogens is 177 g/mol. The van der Waals surface area contributed by atoms with Crippen molar-refractivity contribution in [2.75, 3.05) is 0 Å². The SMILES string of the molecule is C=CC(c1ccccc1)C(F)(F)F. The van der Waals surface area contributed by atoms with Crippen molar-refractivity contribution in [1.82, 2.24) is 0 Å². The van der Waals surface area contributed by atoms with E-state index in [0.717, 1.165) is 6.08 Å². The van der Waals surface area contributed by atoms with Crippen LogP contribution in [0.5, 0.6) is 0 Å². The average molecular weight is 186 g/mol. The topological polar surface area (TPSA) is 0 Å². The smallest absolute Gasteiger partial charge is 0.170 e. The van der Waals surface area contributed by atoms with Crippen molar-refractivity contribution in [3.05, 3.63) is 48.6 Å². The van der Waals surface area contributed by atoms with E-state index >= 15 is 0 Å². The van der Waals surface area contributed by atoms with Crippen LogP contribution in [0.4, 0.5) is 13.2 Å². The molecule has 70 valence electrons. The van der Waals surface area contributed by atoms with Crippen LogP contribution in [0.2, 0.25) is 0 Å².